The second-order valence-corrected chi connectivity index (χ2v) is 7.39. The summed E-state index contributed by atoms with van der Waals surface area (Å²) in [5, 5.41) is 0. The molecule has 3 aliphatic carbocycles. The first kappa shape index (κ1) is 9.93. The monoisotopic (exact) mass is 204 g/mol. The second kappa shape index (κ2) is 2.70. The Morgan fingerprint density at radius 2 is 1.93 bits per heavy atom. The first-order valence-corrected chi connectivity index (χ1v) is 6.64. The Kier molecular flexibility index (Phi) is 1.79. The molecule has 2 fully saturated rings. The van der Waals surface area contributed by atoms with Gasteiger partial charge in [0.1, 0.15) is 0 Å². The van der Waals surface area contributed by atoms with Crippen molar-refractivity contribution in [1.82, 2.24) is 0 Å². The van der Waals surface area contributed by atoms with Crippen LogP contribution in [-0.4, -0.2) is 0 Å². The molecular weight excluding hydrogens is 180 g/mol. The summed E-state index contributed by atoms with van der Waals surface area (Å²) in [5.41, 5.74) is 3.02. The maximum Gasteiger partial charge on any atom is -0.0120 e. The van der Waals surface area contributed by atoms with Gasteiger partial charge in [0, 0.05) is 0 Å². The van der Waals surface area contributed by atoms with E-state index in [1.807, 2.05) is 5.57 Å². The summed E-state index contributed by atoms with van der Waals surface area (Å²) in [6.07, 6.45) is 8.48. The highest BCUT2D eigenvalue weighted by Gasteiger charge is 2.55. The van der Waals surface area contributed by atoms with Crippen LogP contribution >= 0.6 is 0 Å². The third-order valence-corrected chi connectivity index (χ3v) is 5.36. The summed E-state index contributed by atoms with van der Waals surface area (Å²) in [4.78, 5) is 0. The lowest BCUT2D eigenvalue weighted by atomic mass is 9.77. The van der Waals surface area contributed by atoms with E-state index in [0.717, 1.165) is 17.8 Å². The van der Waals surface area contributed by atoms with Crippen LogP contribution in [0.4, 0.5) is 0 Å². The maximum absolute atomic E-state index is 2.63. The molecule has 0 aromatic carbocycles. The van der Waals surface area contributed by atoms with Gasteiger partial charge in [-0.15, -0.1) is 0 Å². The van der Waals surface area contributed by atoms with Crippen LogP contribution in [0.2, 0.25) is 0 Å². The third kappa shape index (κ3) is 1.26. The summed E-state index contributed by atoms with van der Waals surface area (Å²) in [7, 11) is 0. The van der Waals surface area contributed by atoms with Gasteiger partial charge in [0.05, 0.1) is 0 Å². The van der Waals surface area contributed by atoms with Crippen molar-refractivity contribution in [2.75, 3.05) is 0 Å². The fraction of sp³-hybridized carbons (Fsp3) is 0.867. The largest absolute Gasteiger partial charge is 0.0790 e. The van der Waals surface area contributed by atoms with Crippen molar-refractivity contribution >= 4 is 0 Å². The lowest BCUT2D eigenvalue weighted by Gasteiger charge is -2.27. The molecule has 3 rings (SSSR count). The molecule has 0 nitrogen and oxygen atoms in total. The van der Waals surface area contributed by atoms with E-state index in [2.05, 4.69) is 33.8 Å². The van der Waals surface area contributed by atoms with Gasteiger partial charge in [-0.05, 0) is 54.3 Å². The fourth-order valence-corrected chi connectivity index (χ4v) is 5.00. The molecule has 3 aliphatic rings. The molecule has 0 heterocycles. The quantitative estimate of drug-likeness (QED) is 0.513. The zero-order chi connectivity index (χ0) is 10.8. The average Bonchev–Trinajstić information content (AvgIpc) is 2.59. The number of hydrogen-bond donors (Lipinski definition) is 0. The molecule has 0 amide bonds. The number of hydrogen-bond acceptors (Lipinski definition) is 0. The van der Waals surface area contributed by atoms with E-state index in [9.17, 15) is 0 Å². The van der Waals surface area contributed by atoms with Crippen LogP contribution in [0.1, 0.15) is 53.4 Å². The summed E-state index contributed by atoms with van der Waals surface area (Å²) in [5.74, 6) is 2.82. The Labute approximate surface area is 94.1 Å². The van der Waals surface area contributed by atoms with Crippen LogP contribution in [0.3, 0.4) is 0 Å². The SMILES string of the molecule is CC1CCC2(C)CC3CC(C)(C)C=C3C12. The van der Waals surface area contributed by atoms with Gasteiger partial charge in [0.2, 0.25) is 0 Å². The predicted molar refractivity (Wildman–Crippen MR) is 64.6 cm³/mol. The molecule has 15 heavy (non-hydrogen) atoms. The Hall–Kier alpha value is -0.260. The van der Waals surface area contributed by atoms with E-state index in [0.29, 0.717) is 10.8 Å². The van der Waals surface area contributed by atoms with Gasteiger partial charge in [-0.1, -0.05) is 39.3 Å². The summed E-state index contributed by atoms with van der Waals surface area (Å²) in [6, 6.07) is 0. The molecule has 0 heteroatoms. The lowest BCUT2D eigenvalue weighted by molar-refractivity contribution is 0.246. The Balaban J connectivity index is 2.00. The van der Waals surface area contributed by atoms with Gasteiger partial charge in [-0.2, -0.15) is 0 Å². The molecule has 2 saturated carbocycles. The van der Waals surface area contributed by atoms with E-state index in [1.54, 1.807) is 0 Å². The Morgan fingerprint density at radius 3 is 2.67 bits per heavy atom. The van der Waals surface area contributed by atoms with Crippen molar-refractivity contribution in [3.05, 3.63) is 11.6 Å². The van der Waals surface area contributed by atoms with E-state index in [1.165, 1.54) is 25.7 Å². The highest BCUT2D eigenvalue weighted by molar-refractivity contribution is 5.31. The van der Waals surface area contributed by atoms with Gasteiger partial charge < -0.3 is 0 Å². The van der Waals surface area contributed by atoms with Gasteiger partial charge >= 0.3 is 0 Å². The molecule has 0 aliphatic heterocycles. The van der Waals surface area contributed by atoms with Crippen molar-refractivity contribution in [2.45, 2.75) is 53.4 Å². The molecule has 0 aromatic rings. The van der Waals surface area contributed by atoms with Crippen LogP contribution in [0.15, 0.2) is 11.6 Å². The van der Waals surface area contributed by atoms with Crippen LogP contribution in [0, 0.1) is 28.6 Å². The molecule has 0 N–H and O–H groups in total. The minimum absolute atomic E-state index is 0.490. The van der Waals surface area contributed by atoms with E-state index in [-0.39, 0.29) is 0 Å². The van der Waals surface area contributed by atoms with Crippen LogP contribution in [0.5, 0.6) is 0 Å². The number of fused-ring (bicyclic) bond motifs is 3. The molecule has 84 valence electrons. The number of rotatable bonds is 0. The van der Waals surface area contributed by atoms with E-state index >= 15 is 0 Å². The highest BCUT2D eigenvalue weighted by atomic mass is 14.6. The molecule has 4 unspecified atom stereocenters. The first-order chi connectivity index (χ1) is 6.91. The van der Waals surface area contributed by atoms with Crippen molar-refractivity contribution in [1.29, 1.82) is 0 Å². The van der Waals surface area contributed by atoms with Gasteiger partial charge in [-0.25, -0.2) is 0 Å². The topological polar surface area (TPSA) is 0 Å². The zero-order valence-corrected chi connectivity index (χ0v) is 10.6. The van der Waals surface area contributed by atoms with Crippen molar-refractivity contribution in [3.63, 3.8) is 0 Å². The van der Waals surface area contributed by atoms with Gasteiger partial charge in [-0.3, -0.25) is 0 Å². The maximum atomic E-state index is 2.63. The molecule has 0 radical (unpaired) electrons. The van der Waals surface area contributed by atoms with Crippen LogP contribution < -0.4 is 0 Å². The molecule has 0 bridgehead atoms. The van der Waals surface area contributed by atoms with Crippen LogP contribution in [-0.2, 0) is 0 Å². The van der Waals surface area contributed by atoms with E-state index in [4.69, 9.17) is 0 Å². The summed E-state index contributed by atoms with van der Waals surface area (Å²) < 4.78 is 0. The fourth-order valence-electron chi connectivity index (χ4n) is 5.00. The third-order valence-electron chi connectivity index (χ3n) is 5.36. The molecular formula is C15H24. The summed E-state index contributed by atoms with van der Waals surface area (Å²) >= 11 is 0. The Morgan fingerprint density at radius 1 is 1.20 bits per heavy atom. The standard InChI is InChI=1S/C15H24/c1-10-5-6-15(4)8-11-7-14(2,3)9-12(11)13(10)15/h9-11,13H,5-8H2,1-4H3. The normalized spacial score (nSPS) is 51.5. The van der Waals surface area contributed by atoms with Crippen molar-refractivity contribution < 1.29 is 0 Å². The van der Waals surface area contributed by atoms with Crippen molar-refractivity contribution in [2.24, 2.45) is 28.6 Å². The Bertz CT molecular complexity index is 323. The van der Waals surface area contributed by atoms with Gasteiger partial charge in [0.25, 0.3) is 0 Å². The predicted octanol–water partition coefficient (Wildman–Crippen LogP) is 4.42. The zero-order valence-electron chi connectivity index (χ0n) is 10.6. The minimum Gasteiger partial charge on any atom is -0.0790 e. The first-order valence-electron chi connectivity index (χ1n) is 6.64. The molecule has 0 saturated heterocycles. The molecule has 0 aromatic heterocycles. The summed E-state index contributed by atoms with van der Waals surface area (Å²) in [6.45, 7) is 9.85. The van der Waals surface area contributed by atoms with Crippen molar-refractivity contribution in [3.8, 4) is 0 Å². The van der Waals surface area contributed by atoms with Gasteiger partial charge in [0.15, 0.2) is 0 Å². The molecule has 4 atom stereocenters. The lowest BCUT2D eigenvalue weighted by Crippen LogP contribution is -2.19. The number of allylic oxidation sites excluding steroid dienone is 2. The average molecular weight is 204 g/mol. The van der Waals surface area contributed by atoms with E-state index < -0.39 is 0 Å². The highest BCUT2D eigenvalue weighted by Crippen LogP contribution is 2.65. The van der Waals surface area contributed by atoms with Crippen LogP contribution in [0.25, 0.3) is 0 Å². The second-order valence-electron chi connectivity index (χ2n) is 7.39. The minimum atomic E-state index is 0.490. The molecule has 0 spiro atoms. The smallest absolute Gasteiger partial charge is 0.0120 e.